The van der Waals surface area contributed by atoms with Gasteiger partial charge in [0.15, 0.2) is 5.13 Å². The van der Waals surface area contributed by atoms with Crippen LogP contribution in [0.2, 0.25) is 0 Å². The summed E-state index contributed by atoms with van der Waals surface area (Å²) in [4.78, 5) is 39.5. The van der Waals surface area contributed by atoms with Crippen LogP contribution in [0.4, 0.5) is 10.8 Å². The van der Waals surface area contributed by atoms with Crippen molar-refractivity contribution in [1.82, 2.24) is 9.55 Å². The lowest BCUT2D eigenvalue weighted by Gasteiger charge is -2.06. The quantitative estimate of drug-likeness (QED) is 0.677. The van der Waals surface area contributed by atoms with Crippen LogP contribution >= 0.6 is 11.3 Å². The van der Waals surface area contributed by atoms with Gasteiger partial charge in [-0.1, -0.05) is 0 Å². The lowest BCUT2D eigenvalue weighted by atomic mass is 10.0. The van der Waals surface area contributed by atoms with Gasteiger partial charge in [-0.05, 0) is 25.7 Å². The molecule has 120 valence electrons. The number of aryl methyl sites for hydroxylation is 2. The second kappa shape index (κ2) is 6.29. The molecule has 1 N–H and O–H groups in total. The van der Waals surface area contributed by atoms with Crippen LogP contribution in [0.1, 0.15) is 23.4 Å². The number of hydrogen-bond acceptors (Lipinski definition) is 6. The van der Waals surface area contributed by atoms with Crippen molar-refractivity contribution in [3.05, 3.63) is 49.4 Å². The Kier molecular flexibility index (Phi) is 4.20. The third kappa shape index (κ3) is 3.45. The molecular formula is C14H14N4O4S. The first-order chi connectivity index (χ1) is 11.0. The predicted molar refractivity (Wildman–Crippen MR) is 84.7 cm³/mol. The van der Waals surface area contributed by atoms with Crippen molar-refractivity contribution in [2.45, 2.75) is 32.2 Å². The Bertz CT molecular complexity index is 803. The molecule has 1 amide bonds. The largest absolute Gasteiger partial charge is 0.300 e. The highest BCUT2D eigenvalue weighted by molar-refractivity contribution is 7.15. The first-order valence-electron chi connectivity index (χ1n) is 7.16. The zero-order valence-corrected chi connectivity index (χ0v) is 13.0. The molecule has 0 saturated carbocycles. The maximum atomic E-state index is 12.1. The Morgan fingerprint density at radius 1 is 1.39 bits per heavy atom. The van der Waals surface area contributed by atoms with E-state index in [1.54, 1.807) is 0 Å². The number of amides is 1. The van der Waals surface area contributed by atoms with Gasteiger partial charge in [0.25, 0.3) is 11.2 Å². The molecule has 0 atom stereocenters. The summed E-state index contributed by atoms with van der Waals surface area (Å²) >= 11 is 1.45. The van der Waals surface area contributed by atoms with Gasteiger partial charge in [0.2, 0.25) is 5.91 Å². The SMILES string of the molecule is O=C(Cn1cc([N+](=O)[O-])ccc1=O)Nc1nc2c(s1)CCCC2. The number of anilines is 1. The minimum Gasteiger partial charge on any atom is -0.300 e. The fraction of sp³-hybridized carbons (Fsp3) is 0.357. The first-order valence-corrected chi connectivity index (χ1v) is 7.98. The van der Waals surface area contributed by atoms with Crippen LogP contribution in [0, 0.1) is 10.1 Å². The zero-order chi connectivity index (χ0) is 16.4. The molecule has 0 spiro atoms. The monoisotopic (exact) mass is 334 g/mol. The lowest BCUT2D eigenvalue weighted by molar-refractivity contribution is -0.385. The lowest BCUT2D eigenvalue weighted by Crippen LogP contribution is -2.26. The van der Waals surface area contributed by atoms with Gasteiger partial charge >= 0.3 is 0 Å². The molecule has 0 saturated heterocycles. The van der Waals surface area contributed by atoms with E-state index in [1.165, 1.54) is 16.2 Å². The van der Waals surface area contributed by atoms with E-state index < -0.39 is 16.4 Å². The van der Waals surface area contributed by atoms with E-state index in [0.29, 0.717) is 5.13 Å². The molecule has 2 aromatic rings. The number of pyridine rings is 1. The van der Waals surface area contributed by atoms with E-state index in [4.69, 9.17) is 0 Å². The predicted octanol–water partition coefficient (Wildman–Crippen LogP) is 1.73. The highest BCUT2D eigenvalue weighted by Gasteiger charge is 2.17. The van der Waals surface area contributed by atoms with E-state index in [2.05, 4.69) is 10.3 Å². The van der Waals surface area contributed by atoms with Gasteiger partial charge in [0.05, 0.1) is 16.8 Å². The molecule has 1 aliphatic carbocycles. The molecule has 1 aliphatic rings. The van der Waals surface area contributed by atoms with E-state index in [9.17, 15) is 19.7 Å². The minimum atomic E-state index is -0.608. The van der Waals surface area contributed by atoms with Gasteiger partial charge in [-0.3, -0.25) is 24.3 Å². The molecule has 0 unspecified atom stereocenters. The van der Waals surface area contributed by atoms with E-state index in [1.807, 2.05) is 0 Å². The van der Waals surface area contributed by atoms with E-state index >= 15 is 0 Å². The normalized spacial score (nSPS) is 13.4. The van der Waals surface area contributed by atoms with Crippen LogP contribution in [-0.4, -0.2) is 20.4 Å². The molecule has 0 aromatic carbocycles. The summed E-state index contributed by atoms with van der Waals surface area (Å²) in [5, 5.41) is 13.9. The van der Waals surface area contributed by atoms with Gasteiger partial charge in [-0.2, -0.15) is 0 Å². The van der Waals surface area contributed by atoms with Crippen molar-refractivity contribution in [2.24, 2.45) is 0 Å². The molecule has 9 heteroatoms. The number of carbonyl (C=O) groups is 1. The number of fused-ring (bicyclic) bond motifs is 1. The van der Waals surface area contributed by atoms with Gasteiger partial charge in [0.1, 0.15) is 6.54 Å². The van der Waals surface area contributed by atoms with Crippen LogP contribution in [0.25, 0.3) is 0 Å². The average molecular weight is 334 g/mol. The van der Waals surface area contributed by atoms with Crippen molar-refractivity contribution in [3.8, 4) is 0 Å². The Morgan fingerprint density at radius 3 is 2.91 bits per heavy atom. The molecule has 3 rings (SSSR count). The third-order valence-electron chi connectivity index (χ3n) is 3.58. The van der Waals surface area contributed by atoms with Crippen molar-refractivity contribution in [3.63, 3.8) is 0 Å². The molecule has 2 heterocycles. The van der Waals surface area contributed by atoms with Gasteiger partial charge in [-0.25, -0.2) is 4.98 Å². The number of aromatic nitrogens is 2. The Labute approximate surface area is 134 Å². The summed E-state index contributed by atoms with van der Waals surface area (Å²) < 4.78 is 1.01. The number of nitrogens with zero attached hydrogens (tertiary/aromatic N) is 3. The Morgan fingerprint density at radius 2 is 2.17 bits per heavy atom. The number of nitrogens with one attached hydrogen (secondary N) is 1. The van der Waals surface area contributed by atoms with E-state index in [0.717, 1.165) is 54.3 Å². The highest BCUT2D eigenvalue weighted by atomic mass is 32.1. The van der Waals surface area contributed by atoms with Gasteiger partial charge in [-0.15, -0.1) is 11.3 Å². The Hall–Kier alpha value is -2.55. The Balaban J connectivity index is 1.72. The molecule has 2 aromatic heterocycles. The number of rotatable bonds is 4. The third-order valence-corrected chi connectivity index (χ3v) is 4.66. The average Bonchev–Trinajstić information content (AvgIpc) is 2.91. The summed E-state index contributed by atoms with van der Waals surface area (Å²) in [7, 11) is 0. The fourth-order valence-corrected chi connectivity index (χ4v) is 3.54. The molecule has 8 nitrogen and oxygen atoms in total. The van der Waals surface area contributed by atoms with Gasteiger partial charge in [0, 0.05) is 17.0 Å². The van der Waals surface area contributed by atoms with Crippen molar-refractivity contribution >= 4 is 28.1 Å². The minimum absolute atomic E-state index is 0.234. The van der Waals surface area contributed by atoms with Crippen molar-refractivity contribution in [2.75, 3.05) is 5.32 Å². The maximum Gasteiger partial charge on any atom is 0.285 e. The zero-order valence-electron chi connectivity index (χ0n) is 12.2. The number of nitro groups is 1. The molecular weight excluding hydrogens is 320 g/mol. The van der Waals surface area contributed by atoms with Crippen LogP contribution in [0.15, 0.2) is 23.1 Å². The summed E-state index contributed by atoms with van der Waals surface area (Å²) in [6, 6.07) is 2.19. The first kappa shape index (κ1) is 15.3. The second-order valence-electron chi connectivity index (χ2n) is 5.25. The standard InChI is InChI=1S/C14H14N4O4S/c19-12(8-17-7-9(18(21)22)5-6-13(17)20)16-14-15-10-3-1-2-4-11(10)23-14/h5-7H,1-4,8H2,(H,15,16,19). The number of thiazole rings is 1. The maximum absolute atomic E-state index is 12.1. The molecule has 23 heavy (non-hydrogen) atoms. The summed E-state index contributed by atoms with van der Waals surface area (Å²) in [6.45, 7) is -0.287. The molecule has 0 fully saturated rings. The van der Waals surface area contributed by atoms with Crippen molar-refractivity contribution < 1.29 is 9.72 Å². The highest BCUT2D eigenvalue weighted by Crippen LogP contribution is 2.29. The summed E-state index contributed by atoms with van der Waals surface area (Å²) in [5.41, 5.74) is 0.329. The molecule has 0 aliphatic heterocycles. The second-order valence-corrected chi connectivity index (χ2v) is 6.34. The fourth-order valence-electron chi connectivity index (χ4n) is 2.47. The van der Waals surface area contributed by atoms with Crippen molar-refractivity contribution in [1.29, 1.82) is 0 Å². The summed E-state index contributed by atoms with van der Waals surface area (Å²) in [5.74, 6) is -0.432. The van der Waals surface area contributed by atoms with Crippen LogP contribution in [0.5, 0.6) is 0 Å². The summed E-state index contributed by atoms with van der Waals surface area (Å²) in [6.07, 6.45) is 5.20. The topological polar surface area (TPSA) is 107 Å². The molecule has 0 radical (unpaired) electrons. The van der Waals surface area contributed by atoms with Gasteiger partial charge < -0.3 is 5.32 Å². The van der Waals surface area contributed by atoms with Crippen LogP contribution in [-0.2, 0) is 24.2 Å². The van der Waals surface area contributed by atoms with Crippen LogP contribution in [0.3, 0.4) is 0 Å². The van der Waals surface area contributed by atoms with E-state index in [-0.39, 0.29) is 12.2 Å². The molecule has 0 bridgehead atoms. The number of hydrogen-bond donors (Lipinski definition) is 1. The number of carbonyl (C=O) groups excluding carboxylic acids is 1. The smallest absolute Gasteiger partial charge is 0.285 e. The van der Waals surface area contributed by atoms with Crippen LogP contribution < -0.4 is 10.9 Å².